The largest absolute Gasteiger partial charge is 0.468 e. The molecule has 260 valence electrons. The maximum atomic E-state index is 14.1. The van der Waals surface area contributed by atoms with E-state index in [0.29, 0.717) is 5.52 Å². The number of carbonyl (C=O) groups is 4. The van der Waals surface area contributed by atoms with Crippen LogP contribution in [0.4, 0.5) is 5.82 Å². The summed E-state index contributed by atoms with van der Waals surface area (Å²) in [6, 6.07) is 2.45. The van der Waals surface area contributed by atoms with E-state index >= 15 is 0 Å². The minimum absolute atomic E-state index is 0.0788. The molecule has 2 aromatic heterocycles. The summed E-state index contributed by atoms with van der Waals surface area (Å²) in [6.07, 6.45) is -2.23. The van der Waals surface area contributed by atoms with Crippen molar-refractivity contribution < 1.29 is 52.0 Å². The van der Waals surface area contributed by atoms with Gasteiger partial charge in [-0.2, -0.15) is 10.4 Å². The number of aromatic nitrogens is 3. The minimum Gasteiger partial charge on any atom is -0.468 e. The molecule has 47 heavy (non-hydrogen) atoms. The molecule has 0 aliphatic heterocycles. The van der Waals surface area contributed by atoms with Crippen molar-refractivity contribution in [1.82, 2.24) is 24.8 Å². The number of methoxy groups -OCH3 is 3. The average molecular weight is 684 g/mol. The Balaban J connectivity index is 2.77. The number of nitrogens with two attached hydrogens (primary N) is 1. The van der Waals surface area contributed by atoms with E-state index in [9.17, 15) is 29.0 Å². The van der Waals surface area contributed by atoms with Crippen molar-refractivity contribution in [2.45, 2.75) is 71.4 Å². The Labute approximate surface area is 272 Å². The first-order chi connectivity index (χ1) is 22.0. The zero-order chi connectivity index (χ0) is 35.7. The summed E-state index contributed by atoms with van der Waals surface area (Å²) in [5, 5.41) is 19.7. The first-order valence-corrected chi connectivity index (χ1v) is 16.0. The number of hydrogen-bond donors (Lipinski definition) is 3. The van der Waals surface area contributed by atoms with E-state index in [1.165, 1.54) is 44.3 Å². The van der Waals surface area contributed by atoms with Gasteiger partial charge in [-0.25, -0.2) is 19.7 Å². The third-order valence-electron chi connectivity index (χ3n) is 6.82. The molecule has 2 heterocycles. The van der Waals surface area contributed by atoms with Crippen LogP contribution in [0.2, 0.25) is 0 Å². The van der Waals surface area contributed by atoms with Gasteiger partial charge in [-0.15, -0.1) is 0 Å². The highest BCUT2D eigenvalue weighted by Gasteiger charge is 2.52. The summed E-state index contributed by atoms with van der Waals surface area (Å²) in [7, 11) is -1.17. The van der Waals surface area contributed by atoms with Gasteiger partial charge in [0.2, 0.25) is 5.60 Å². The van der Waals surface area contributed by atoms with Gasteiger partial charge >= 0.3 is 31.5 Å². The summed E-state index contributed by atoms with van der Waals surface area (Å²) in [6.45, 7) is 7.92. The van der Waals surface area contributed by atoms with Crippen LogP contribution in [0, 0.1) is 23.2 Å². The van der Waals surface area contributed by atoms with Crippen LogP contribution in [-0.2, 0) is 52.0 Å². The van der Waals surface area contributed by atoms with E-state index in [1.807, 2.05) is 6.07 Å². The van der Waals surface area contributed by atoms with Crippen LogP contribution in [0.5, 0.6) is 0 Å². The number of carbonyl (C=O) groups excluding carboxylic acids is 4. The summed E-state index contributed by atoms with van der Waals surface area (Å²) in [5.74, 6) is -4.54. The topological polar surface area (TPSA) is 245 Å². The lowest BCUT2D eigenvalue weighted by molar-refractivity contribution is -0.197. The lowest BCUT2D eigenvalue weighted by Gasteiger charge is -2.38. The Morgan fingerprint density at radius 1 is 0.936 bits per heavy atom. The number of nitrogen functional groups attached to an aromatic ring is 1. The van der Waals surface area contributed by atoms with E-state index in [2.05, 4.69) is 20.3 Å². The van der Waals surface area contributed by atoms with Gasteiger partial charge in [-0.05, 0) is 26.0 Å². The summed E-state index contributed by atoms with van der Waals surface area (Å²) in [4.78, 5) is 54.6. The van der Waals surface area contributed by atoms with Crippen LogP contribution in [0.1, 0.15) is 53.3 Å². The molecule has 0 bridgehead atoms. The fraction of sp³-hybridized carbons (Fsp3) is 0.607. The third-order valence-corrected chi connectivity index (χ3v) is 8.76. The second-order valence-corrected chi connectivity index (χ2v) is 12.9. The van der Waals surface area contributed by atoms with Crippen molar-refractivity contribution in [3.63, 3.8) is 0 Å². The number of esters is 4. The molecule has 0 amide bonds. The van der Waals surface area contributed by atoms with Crippen LogP contribution in [0.3, 0.4) is 0 Å². The molecule has 0 aromatic carbocycles. The number of nitrogens with one attached hydrogen (secondary N) is 2. The van der Waals surface area contributed by atoms with Crippen LogP contribution in [0.25, 0.3) is 5.52 Å². The van der Waals surface area contributed by atoms with E-state index in [0.717, 1.165) is 27.7 Å². The molecular weight excluding hydrogens is 641 g/mol. The molecule has 0 saturated heterocycles. The Bertz CT molecular complexity index is 1500. The van der Waals surface area contributed by atoms with E-state index in [1.54, 1.807) is 13.8 Å². The molecule has 0 aliphatic carbocycles. The van der Waals surface area contributed by atoms with E-state index < -0.39 is 79.9 Å². The molecule has 0 radical (unpaired) electrons. The zero-order valence-corrected chi connectivity index (χ0v) is 28.6. The average Bonchev–Trinajstić information content (AvgIpc) is 3.47. The minimum atomic E-state index is -4.48. The van der Waals surface area contributed by atoms with Gasteiger partial charge in [0.1, 0.15) is 36.6 Å². The fourth-order valence-corrected chi connectivity index (χ4v) is 5.88. The smallest absolute Gasteiger partial charge is 0.342 e. The highest BCUT2D eigenvalue weighted by atomic mass is 31.2. The third kappa shape index (κ3) is 9.46. The predicted molar refractivity (Wildman–Crippen MR) is 164 cm³/mol. The van der Waals surface area contributed by atoms with Crippen molar-refractivity contribution in [3.05, 3.63) is 24.2 Å². The zero-order valence-electron chi connectivity index (χ0n) is 27.7. The molecule has 4 N–H and O–H groups in total. The van der Waals surface area contributed by atoms with Gasteiger partial charge in [0.15, 0.2) is 18.0 Å². The Kier molecular flexibility index (Phi) is 13.8. The second-order valence-electron chi connectivity index (χ2n) is 11.0. The van der Waals surface area contributed by atoms with Gasteiger partial charge in [-0.3, -0.25) is 23.7 Å². The van der Waals surface area contributed by atoms with Gasteiger partial charge in [0, 0.05) is 7.11 Å². The Hall–Kier alpha value is -4.14. The van der Waals surface area contributed by atoms with Gasteiger partial charge < -0.3 is 33.9 Å². The lowest BCUT2D eigenvalue weighted by Crippen LogP contribution is -2.54. The van der Waals surface area contributed by atoms with Crippen molar-refractivity contribution in [2.75, 3.05) is 33.7 Å². The fourth-order valence-electron chi connectivity index (χ4n) is 4.06. The van der Waals surface area contributed by atoms with Crippen molar-refractivity contribution >= 4 is 42.9 Å². The Morgan fingerprint density at radius 2 is 1.47 bits per heavy atom. The maximum absolute atomic E-state index is 14.1. The molecule has 0 fully saturated rings. The van der Waals surface area contributed by atoms with Gasteiger partial charge in [0.05, 0.1) is 31.7 Å². The SMILES string of the molecule is COC(=O)[C@H](C)NP(=O)(N[C@@H](C)C(=O)OC)OC[C@@](C#N)(OC)[C@@H](OC(=O)C(C)C)[C@@H](OC(=O)C(C)C)c1ccc2c(N)ncnn12. The number of fused-ring (bicyclic) bond motifs is 1. The van der Waals surface area contributed by atoms with Crippen LogP contribution in [0.15, 0.2) is 18.5 Å². The van der Waals surface area contributed by atoms with Crippen LogP contribution in [-0.4, -0.2) is 90.2 Å². The summed E-state index contributed by atoms with van der Waals surface area (Å²) >= 11 is 0. The predicted octanol–water partition coefficient (Wildman–Crippen LogP) is 1.46. The molecule has 5 atom stereocenters. The normalized spacial score (nSPS) is 15.6. The molecule has 0 aliphatic rings. The van der Waals surface area contributed by atoms with E-state index in [4.69, 9.17) is 33.9 Å². The van der Waals surface area contributed by atoms with E-state index in [-0.39, 0.29) is 11.5 Å². The number of ether oxygens (including phenoxy) is 5. The monoisotopic (exact) mass is 683 g/mol. The lowest BCUT2D eigenvalue weighted by atomic mass is 9.92. The standard InChI is InChI=1S/C28H42N7O11P/c1-15(2)24(36)45-21(19-10-11-20-23(30)31-14-32-35(19)20)22(46-25(37)16(3)4)28(12-29,43-9)13-44-47(40,33-17(5)26(38)41-7)34-18(6)27(39)42-8/h10-11,14-18,21-22H,13H2,1-9H3,(H2,30,31,32)(H2,33,34,40)/t17-,18-,21-,22-,28+/m0/s1. The molecule has 0 saturated carbocycles. The number of nitriles is 1. The Morgan fingerprint density at radius 3 is 1.94 bits per heavy atom. The molecular formula is C28H42N7O11P. The molecule has 19 heteroatoms. The molecule has 18 nitrogen and oxygen atoms in total. The molecule has 2 aromatic rings. The summed E-state index contributed by atoms with van der Waals surface area (Å²) < 4.78 is 47.9. The summed E-state index contributed by atoms with van der Waals surface area (Å²) in [5.41, 5.74) is 4.08. The quantitative estimate of drug-likeness (QED) is 0.121. The second kappa shape index (κ2) is 16.6. The molecule has 0 unspecified atom stereocenters. The number of hydrogen-bond acceptors (Lipinski definition) is 15. The first-order valence-electron chi connectivity index (χ1n) is 14.4. The molecule has 0 spiro atoms. The number of nitrogens with zero attached hydrogens (tertiary/aromatic N) is 4. The van der Waals surface area contributed by atoms with Crippen molar-refractivity contribution in [2.24, 2.45) is 11.8 Å². The highest BCUT2D eigenvalue weighted by molar-refractivity contribution is 7.54. The molecule has 2 rings (SSSR count). The van der Waals surface area contributed by atoms with Crippen molar-refractivity contribution in [3.8, 4) is 6.07 Å². The number of anilines is 1. The van der Waals surface area contributed by atoms with Crippen molar-refractivity contribution in [1.29, 1.82) is 5.26 Å². The maximum Gasteiger partial charge on any atom is 0.342 e. The van der Waals surface area contributed by atoms with Crippen LogP contribution >= 0.6 is 7.67 Å². The van der Waals surface area contributed by atoms with Crippen LogP contribution < -0.4 is 15.9 Å². The van der Waals surface area contributed by atoms with Gasteiger partial charge in [0.25, 0.3) is 0 Å². The van der Waals surface area contributed by atoms with Gasteiger partial charge in [-0.1, -0.05) is 27.7 Å². The number of rotatable bonds is 17. The highest BCUT2D eigenvalue weighted by Crippen LogP contribution is 2.43. The first kappa shape index (κ1) is 39.0.